The Bertz CT molecular complexity index is 913. The second-order valence-corrected chi connectivity index (χ2v) is 6.37. The normalized spacial score (nSPS) is 12.2. The number of para-hydroxylation sites is 1. The van der Waals surface area contributed by atoms with Gasteiger partial charge in [-0.3, -0.25) is 15.5 Å². The van der Waals surface area contributed by atoms with E-state index < -0.39 is 0 Å². The number of hydrazone groups is 1. The molecule has 0 saturated carbocycles. The molecule has 0 radical (unpaired) electrons. The van der Waals surface area contributed by atoms with Crippen LogP contribution in [0.2, 0.25) is 0 Å². The molecule has 0 heterocycles. The van der Waals surface area contributed by atoms with Crippen molar-refractivity contribution in [2.24, 2.45) is 5.10 Å². The van der Waals surface area contributed by atoms with Crippen LogP contribution in [0.25, 0.3) is 0 Å². The van der Waals surface area contributed by atoms with Gasteiger partial charge in [0.2, 0.25) is 0 Å². The number of carbonyl (C=O) groups is 1. The van der Waals surface area contributed by atoms with Crippen LogP contribution in [0.3, 0.4) is 0 Å². The van der Waals surface area contributed by atoms with Gasteiger partial charge in [0.05, 0.1) is 30.6 Å². The fraction of sp³-hybridized carbons (Fsp3) is 0.167. The Balaban J connectivity index is 1.96. The number of nitrogens with zero attached hydrogens (tertiary/aromatic N) is 1. The smallest absolute Gasteiger partial charge is 0.319 e. The van der Waals surface area contributed by atoms with E-state index in [9.17, 15) is 4.79 Å². The lowest BCUT2D eigenvalue weighted by molar-refractivity contribution is -0.142. The third kappa shape index (κ3) is 6.02. The monoisotopic (exact) mass is 387 g/mol. The van der Waals surface area contributed by atoms with Crippen molar-refractivity contribution >= 4 is 17.4 Å². The molecule has 29 heavy (non-hydrogen) atoms. The highest BCUT2D eigenvalue weighted by Gasteiger charge is 2.21. The molecule has 0 bridgehead atoms. The first kappa shape index (κ1) is 20.3. The second-order valence-electron chi connectivity index (χ2n) is 6.37. The highest BCUT2D eigenvalue weighted by Crippen LogP contribution is 2.20. The molecule has 0 amide bonds. The number of hydrogen-bond acceptors (Lipinski definition) is 5. The number of esters is 1. The van der Waals surface area contributed by atoms with Crippen molar-refractivity contribution in [2.45, 2.75) is 13.0 Å². The molecule has 1 atom stereocenters. The zero-order valence-electron chi connectivity index (χ0n) is 16.4. The maximum Gasteiger partial charge on any atom is 0.319 e. The molecular weight excluding hydrogens is 362 g/mol. The van der Waals surface area contributed by atoms with Crippen molar-refractivity contribution in [1.82, 2.24) is 5.32 Å². The van der Waals surface area contributed by atoms with Gasteiger partial charge in [0.25, 0.3) is 0 Å². The lowest BCUT2D eigenvalue weighted by Crippen LogP contribution is -2.34. The molecule has 0 fully saturated rings. The van der Waals surface area contributed by atoms with Crippen LogP contribution in [0.1, 0.15) is 24.1 Å². The van der Waals surface area contributed by atoms with Crippen LogP contribution in [0, 0.1) is 0 Å². The van der Waals surface area contributed by atoms with Crippen LogP contribution < -0.4 is 10.7 Å². The molecule has 5 nitrogen and oxygen atoms in total. The van der Waals surface area contributed by atoms with E-state index in [-0.39, 0.29) is 18.6 Å². The fourth-order valence-electron chi connectivity index (χ4n) is 2.96. The summed E-state index contributed by atoms with van der Waals surface area (Å²) < 4.78 is 5.09. The molecule has 3 aromatic carbocycles. The van der Waals surface area contributed by atoms with Crippen molar-refractivity contribution in [3.8, 4) is 0 Å². The van der Waals surface area contributed by atoms with E-state index in [2.05, 4.69) is 10.7 Å². The van der Waals surface area contributed by atoms with Gasteiger partial charge in [-0.05, 0) is 30.2 Å². The second kappa shape index (κ2) is 10.8. The number of anilines is 1. The van der Waals surface area contributed by atoms with Crippen LogP contribution in [-0.4, -0.2) is 24.8 Å². The Morgan fingerprint density at radius 1 is 0.897 bits per heavy atom. The predicted molar refractivity (Wildman–Crippen MR) is 117 cm³/mol. The number of carbonyl (C=O) groups excluding carboxylic acids is 1. The number of rotatable bonds is 9. The molecule has 0 saturated heterocycles. The van der Waals surface area contributed by atoms with Crippen LogP contribution >= 0.6 is 0 Å². The van der Waals surface area contributed by atoms with Gasteiger partial charge in [0.15, 0.2) is 0 Å². The Morgan fingerprint density at radius 3 is 2.10 bits per heavy atom. The maximum atomic E-state index is 12.0. The van der Waals surface area contributed by atoms with E-state index >= 15 is 0 Å². The van der Waals surface area contributed by atoms with Crippen molar-refractivity contribution in [3.05, 3.63) is 102 Å². The summed E-state index contributed by atoms with van der Waals surface area (Å²) in [6, 6.07) is 29.4. The molecule has 148 valence electrons. The quantitative estimate of drug-likeness (QED) is 0.325. The van der Waals surface area contributed by atoms with Crippen LogP contribution in [0.15, 0.2) is 96.1 Å². The summed E-state index contributed by atoms with van der Waals surface area (Å²) in [6.07, 6.45) is 0. The van der Waals surface area contributed by atoms with Crippen LogP contribution in [0.5, 0.6) is 0 Å². The van der Waals surface area contributed by atoms with Gasteiger partial charge in [-0.15, -0.1) is 0 Å². The molecule has 1 unspecified atom stereocenters. The van der Waals surface area contributed by atoms with Gasteiger partial charge in [-0.1, -0.05) is 78.9 Å². The largest absolute Gasteiger partial charge is 0.465 e. The molecule has 0 aromatic heterocycles. The average Bonchev–Trinajstić information content (AvgIpc) is 2.78. The zero-order valence-corrected chi connectivity index (χ0v) is 16.4. The topological polar surface area (TPSA) is 62.7 Å². The molecule has 2 N–H and O–H groups in total. The molecule has 3 rings (SSSR count). The molecule has 0 spiro atoms. The highest BCUT2D eigenvalue weighted by atomic mass is 16.5. The van der Waals surface area contributed by atoms with E-state index in [0.29, 0.717) is 6.61 Å². The molecule has 5 heteroatoms. The maximum absolute atomic E-state index is 12.0. The summed E-state index contributed by atoms with van der Waals surface area (Å²) >= 11 is 0. The fourth-order valence-corrected chi connectivity index (χ4v) is 2.96. The zero-order chi connectivity index (χ0) is 20.3. The Kier molecular flexibility index (Phi) is 7.55. The van der Waals surface area contributed by atoms with Crippen molar-refractivity contribution in [3.63, 3.8) is 0 Å². The van der Waals surface area contributed by atoms with Crippen molar-refractivity contribution < 1.29 is 9.53 Å². The molecule has 0 aliphatic carbocycles. The SMILES string of the molecule is CCOC(=O)CNC(/C(=N\Nc1ccccc1)c1ccccc1)c1ccccc1. The van der Waals surface area contributed by atoms with Crippen molar-refractivity contribution in [2.75, 3.05) is 18.6 Å². The van der Waals surface area contributed by atoms with E-state index in [0.717, 1.165) is 22.5 Å². The lowest BCUT2D eigenvalue weighted by Gasteiger charge is -2.21. The first-order valence-corrected chi connectivity index (χ1v) is 9.66. The average molecular weight is 387 g/mol. The van der Waals surface area contributed by atoms with E-state index in [1.165, 1.54) is 0 Å². The summed E-state index contributed by atoms with van der Waals surface area (Å²) in [6.45, 7) is 2.24. The van der Waals surface area contributed by atoms with Crippen LogP contribution in [-0.2, 0) is 9.53 Å². The summed E-state index contributed by atoms with van der Waals surface area (Å²) in [5, 5.41) is 8.03. The first-order valence-electron chi connectivity index (χ1n) is 9.66. The summed E-state index contributed by atoms with van der Waals surface area (Å²) in [5.74, 6) is -0.295. The Hall–Kier alpha value is -3.44. The standard InChI is InChI=1S/C24H25N3O2/c1-2-29-22(28)18-25-23(19-12-6-3-7-13-19)24(20-14-8-4-9-15-20)27-26-21-16-10-5-11-17-21/h3-17,23,25-26H,2,18H2,1H3/b27-24-. The minimum absolute atomic E-state index is 0.0879. The van der Waals surface area contributed by atoms with E-state index in [4.69, 9.17) is 9.84 Å². The first-order chi connectivity index (χ1) is 14.3. The highest BCUT2D eigenvalue weighted by molar-refractivity contribution is 6.05. The van der Waals surface area contributed by atoms with Gasteiger partial charge >= 0.3 is 5.97 Å². The van der Waals surface area contributed by atoms with Gasteiger partial charge in [-0.2, -0.15) is 5.10 Å². The summed E-state index contributed by atoms with van der Waals surface area (Å²) in [5.41, 5.74) is 6.78. The number of benzene rings is 3. The molecular formula is C24H25N3O2. The van der Waals surface area contributed by atoms with Gasteiger partial charge in [0, 0.05) is 0 Å². The van der Waals surface area contributed by atoms with Gasteiger partial charge < -0.3 is 4.74 Å². The summed E-state index contributed by atoms with van der Waals surface area (Å²) in [4.78, 5) is 12.0. The Labute approximate surface area is 171 Å². The van der Waals surface area contributed by atoms with Crippen molar-refractivity contribution in [1.29, 1.82) is 0 Å². The van der Waals surface area contributed by atoms with E-state index in [1.807, 2.05) is 91.0 Å². The molecule has 0 aliphatic heterocycles. The van der Waals surface area contributed by atoms with Crippen LogP contribution in [0.4, 0.5) is 5.69 Å². The Morgan fingerprint density at radius 2 is 1.48 bits per heavy atom. The third-order valence-electron chi connectivity index (χ3n) is 4.31. The number of ether oxygens (including phenoxy) is 1. The van der Waals surface area contributed by atoms with Gasteiger partial charge in [-0.25, -0.2) is 0 Å². The minimum atomic E-state index is -0.295. The minimum Gasteiger partial charge on any atom is -0.465 e. The summed E-state index contributed by atoms with van der Waals surface area (Å²) in [7, 11) is 0. The lowest BCUT2D eigenvalue weighted by atomic mass is 9.96. The molecule has 0 aliphatic rings. The van der Waals surface area contributed by atoms with Gasteiger partial charge in [0.1, 0.15) is 0 Å². The van der Waals surface area contributed by atoms with E-state index in [1.54, 1.807) is 6.92 Å². The number of hydrogen-bond donors (Lipinski definition) is 2. The number of nitrogens with one attached hydrogen (secondary N) is 2. The molecule has 3 aromatic rings. The predicted octanol–water partition coefficient (Wildman–Crippen LogP) is 4.40. The third-order valence-corrected chi connectivity index (χ3v) is 4.31.